The molecule has 1 aromatic heterocycles. The highest BCUT2D eigenvalue weighted by Crippen LogP contribution is 2.31. The standard InChI is InChI=1S/C21H15FN2O3S/c1-13(25)27-19-8-3-14(10-20(19)26-2)9-16(11-23)21-24-18(12-28-21)15-4-6-17(22)7-5-15/h3-10,12H,1-2H3. The average Bonchev–Trinajstić information content (AvgIpc) is 3.17. The van der Waals surface area contributed by atoms with E-state index >= 15 is 0 Å². The molecule has 3 rings (SSSR count). The molecule has 0 aliphatic rings. The zero-order valence-electron chi connectivity index (χ0n) is 15.1. The van der Waals surface area contributed by atoms with Crippen LogP contribution in [0.3, 0.4) is 0 Å². The van der Waals surface area contributed by atoms with Gasteiger partial charge < -0.3 is 9.47 Å². The van der Waals surface area contributed by atoms with Crippen molar-refractivity contribution in [3.63, 3.8) is 0 Å². The minimum absolute atomic E-state index is 0.304. The Bertz CT molecular complexity index is 1080. The van der Waals surface area contributed by atoms with Gasteiger partial charge in [-0.05, 0) is 48.0 Å². The van der Waals surface area contributed by atoms with E-state index in [0.29, 0.717) is 33.3 Å². The van der Waals surface area contributed by atoms with Gasteiger partial charge in [-0.25, -0.2) is 9.37 Å². The molecule has 0 amide bonds. The summed E-state index contributed by atoms with van der Waals surface area (Å²) in [5, 5.41) is 11.9. The SMILES string of the molecule is COc1cc(C=C(C#N)c2nc(-c3ccc(F)cc3)cs2)ccc1OC(C)=O. The smallest absolute Gasteiger partial charge is 0.308 e. The number of hydrogen-bond acceptors (Lipinski definition) is 6. The number of nitriles is 1. The van der Waals surface area contributed by atoms with Gasteiger partial charge in [-0.3, -0.25) is 4.79 Å². The highest BCUT2D eigenvalue weighted by molar-refractivity contribution is 7.11. The van der Waals surface area contributed by atoms with Crippen LogP contribution in [0.25, 0.3) is 22.9 Å². The summed E-state index contributed by atoms with van der Waals surface area (Å²) in [5.74, 6) is -0.0794. The molecular weight excluding hydrogens is 379 g/mol. The van der Waals surface area contributed by atoms with Crippen LogP contribution in [0.5, 0.6) is 11.5 Å². The molecule has 3 aromatic rings. The normalized spacial score (nSPS) is 11.0. The molecule has 5 nitrogen and oxygen atoms in total. The zero-order valence-corrected chi connectivity index (χ0v) is 15.9. The highest BCUT2D eigenvalue weighted by Gasteiger charge is 2.11. The van der Waals surface area contributed by atoms with E-state index in [1.165, 1.54) is 37.5 Å². The lowest BCUT2D eigenvalue weighted by molar-refractivity contribution is -0.132. The summed E-state index contributed by atoms with van der Waals surface area (Å²) >= 11 is 1.33. The van der Waals surface area contributed by atoms with E-state index in [-0.39, 0.29) is 5.82 Å². The van der Waals surface area contributed by atoms with Crippen molar-refractivity contribution in [1.29, 1.82) is 5.26 Å². The van der Waals surface area contributed by atoms with E-state index in [1.54, 1.807) is 36.4 Å². The van der Waals surface area contributed by atoms with E-state index in [4.69, 9.17) is 9.47 Å². The third-order valence-corrected chi connectivity index (χ3v) is 4.62. The van der Waals surface area contributed by atoms with Crippen LogP contribution >= 0.6 is 11.3 Å². The first kappa shape index (κ1) is 19.3. The summed E-state index contributed by atoms with van der Waals surface area (Å²) in [7, 11) is 1.47. The highest BCUT2D eigenvalue weighted by atomic mass is 32.1. The Kier molecular flexibility index (Phi) is 5.82. The molecule has 28 heavy (non-hydrogen) atoms. The summed E-state index contributed by atoms with van der Waals surface area (Å²) in [6, 6.07) is 13.2. The van der Waals surface area contributed by atoms with Gasteiger partial charge in [0.1, 0.15) is 16.9 Å². The Hall–Kier alpha value is -3.50. The summed E-state index contributed by atoms with van der Waals surface area (Å²) in [6.07, 6.45) is 1.67. The second-order valence-electron chi connectivity index (χ2n) is 5.72. The molecule has 0 aliphatic heterocycles. The monoisotopic (exact) mass is 394 g/mol. The van der Waals surface area contributed by atoms with Crippen molar-refractivity contribution in [1.82, 2.24) is 4.98 Å². The Morgan fingerprint density at radius 3 is 2.61 bits per heavy atom. The van der Waals surface area contributed by atoms with Crippen molar-refractivity contribution in [2.45, 2.75) is 6.92 Å². The molecule has 0 spiro atoms. The van der Waals surface area contributed by atoms with Gasteiger partial charge in [0.05, 0.1) is 18.4 Å². The lowest BCUT2D eigenvalue weighted by atomic mass is 10.1. The number of thiazole rings is 1. The first-order valence-electron chi connectivity index (χ1n) is 8.20. The van der Waals surface area contributed by atoms with Gasteiger partial charge in [-0.2, -0.15) is 5.26 Å². The molecule has 2 aromatic carbocycles. The van der Waals surface area contributed by atoms with Crippen molar-refractivity contribution in [2.24, 2.45) is 0 Å². The van der Waals surface area contributed by atoms with Crippen LogP contribution in [-0.2, 0) is 4.79 Å². The maximum absolute atomic E-state index is 13.1. The number of methoxy groups -OCH3 is 1. The second-order valence-corrected chi connectivity index (χ2v) is 6.58. The summed E-state index contributed by atoms with van der Waals surface area (Å²) in [4.78, 5) is 15.6. The van der Waals surface area contributed by atoms with Gasteiger partial charge in [-0.15, -0.1) is 11.3 Å². The van der Waals surface area contributed by atoms with Crippen LogP contribution in [0.15, 0.2) is 47.8 Å². The predicted molar refractivity (Wildman–Crippen MR) is 105 cm³/mol. The summed E-state index contributed by atoms with van der Waals surface area (Å²) < 4.78 is 23.4. The molecule has 0 saturated heterocycles. The maximum Gasteiger partial charge on any atom is 0.308 e. The number of hydrogen-bond donors (Lipinski definition) is 0. The lowest BCUT2D eigenvalue weighted by Gasteiger charge is -2.08. The van der Waals surface area contributed by atoms with Crippen LogP contribution in [0.2, 0.25) is 0 Å². The van der Waals surface area contributed by atoms with E-state index in [9.17, 15) is 14.4 Å². The van der Waals surface area contributed by atoms with E-state index < -0.39 is 5.97 Å². The third-order valence-electron chi connectivity index (χ3n) is 3.75. The van der Waals surface area contributed by atoms with Crippen molar-refractivity contribution in [3.05, 3.63) is 64.2 Å². The van der Waals surface area contributed by atoms with Gasteiger partial charge in [0.25, 0.3) is 0 Å². The Balaban J connectivity index is 1.91. The number of halogens is 1. The third kappa shape index (κ3) is 4.42. The molecule has 0 radical (unpaired) electrons. The lowest BCUT2D eigenvalue weighted by Crippen LogP contribution is -2.03. The Morgan fingerprint density at radius 1 is 1.21 bits per heavy atom. The van der Waals surface area contributed by atoms with Crippen LogP contribution < -0.4 is 9.47 Å². The Labute approximate surface area is 165 Å². The topological polar surface area (TPSA) is 72.2 Å². The zero-order chi connectivity index (χ0) is 20.1. The van der Waals surface area contributed by atoms with Gasteiger partial charge in [0.2, 0.25) is 0 Å². The Morgan fingerprint density at radius 2 is 1.96 bits per heavy atom. The molecule has 0 atom stereocenters. The number of aromatic nitrogens is 1. The number of esters is 1. The molecule has 0 fully saturated rings. The fourth-order valence-corrected chi connectivity index (χ4v) is 3.27. The maximum atomic E-state index is 13.1. The fourth-order valence-electron chi connectivity index (χ4n) is 2.47. The molecule has 0 aliphatic carbocycles. The molecule has 0 saturated carbocycles. The number of carbonyl (C=O) groups is 1. The number of allylic oxidation sites excluding steroid dienone is 1. The van der Waals surface area contributed by atoms with Crippen LogP contribution in [0, 0.1) is 17.1 Å². The first-order chi connectivity index (χ1) is 13.5. The van der Waals surface area contributed by atoms with Gasteiger partial charge >= 0.3 is 5.97 Å². The summed E-state index contributed by atoms with van der Waals surface area (Å²) in [5.41, 5.74) is 2.51. The first-order valence-corrected chi connectivity index (χ1v) is 9.08. The number of carbonyl (C=O) groups excluding carboxylic acids is 1. The number of benzene rings is 2. The van der Waals surface area contributed by atoms with Crippen LogP contribution in [0.4, 0.5) is 4.39 Å². The van der Waals surface area contributed by atoms with Crippen LogP contribution in [-0.4, -0.2) is 18.1 Å². The molecular formula is C21H15FN2O3S. The number of nitrogens with zero attached hydrogens (tertiary/aromatic N) is 2. The van der Waals surface area contributed by atoms with Crippen molar-refractivity contribution in [3.8, 4) is 28.8 Å². The quantitative estimate of drug-likeness (QED) is 0.348. The van der Waals surface area contributed by atoms with Crippen molar-refractivity contribution in [2.75, 3.05) is 7.11 Å². The van der Waals surface area contributed by atoms with E-state index in [2.05, 4.69) is 11.1 Å². The van der Waals surface area contributed by atoms with Gasteiger partial charge in [0, 0.05) is 17.9 Å². The van der Waals surface area contributed by atoms with Gasteiger partial charge in [0.15, 0.2) is 11.5 Å². The molecule has 140 valence electrons. The molecule has 0 unspecified atom stereocenters. The minimum Gasteiger partial charge on any atom is -0.493 e. The fraction of sp³-hybridized carbons (Fsp3) is 0.0952. The number of ether oxygens (including phenoxy) is 2. The van der Waals surface area contributed by atoms with Crippen molar-refractivity contribution < 1.29 is 18.7 Å². The average molecular weight is 394 g/mol. The molecule has 0 bridgehead atoms. The van der Waals surface area contributed by atoms with E-state index in [0.717, 1.165) is 5.56 Å². The molecule has 0 N–H and O–H groups in total. The predicted octanol–water partition coefficient (Wildman–Crippen LogP) is 4.95. The van der Waals surface area contributed by atoms with E-state index in [1.807, 2.05) is 5.38 Å². The minimum atomic E-state index is -0.449. The molecule has 1 heterocycles. The van der Waals surface area contributed by atoms with Gasteiger partial charge in [-0.1, -0.05) is 6.07 Å². The van der Waals surface area contributed by atoms with Crippen molar-refractivity contribution >= 4 is 29.0 Å². The van der Waals surface area contributed by atoms with Crippen LogP contribution in [0.1, 0.15) is 17.5 Å². The second kappa shape index (κ2) is 8.46. The number of rotatable bonds is 5. The molecule has 7 heteroatoms. The summed E-state index contributed by atoms with van der Waals surface area (Å²) in [6.45, 7) is 1.31. The largest absolute Gasteiger partial charge is 0.493 e.